The number of halogens is 2. The smallest absolute Gasteiger partial charge is 0.272 e. The lowest BCUT2D eigenvalue weighted by Gasteiger charge is -2.38. The van der Waals surface area contributed by atoms with Crippen LogP contribution in [0.3, 0.4) is 0 Å². The molecule has 2 aliphatic heterocycles. The van der Waals surface area contributed by atoms with Gasteiger partial charge in [0.25, 0.3) is 11.5 Å². The van der Waals surface area contributed by atoms with Crippen LogP contribution in [0.25, 0.3) is 0 Å². The van der Waals surface area contributed by atoms with E-state index >= 15 is 0 Å². The molecule has 0 aliphatic carbocycles. The van der Waals surface area contributed by atoms with E-state index < -0.39 is 11.5 Å². The molecular formula is C12H15ClFN3O. The molecule has 1 aromatic rings. The molecule has 18 heavy (non-hydrogen) atoms. The van der Waals surface area contributed by atoms with Crippen LogP contribution < -0.4 is 0 Å². The summed E-state index contributed by atoms with van der Waals surface area (Å²) >= 11 is 5.13. The fraction of sp³-hybridized carbons (Fsp3) is 0.667. The van der Waals surface area contributed by atoms with Gasteiger partial charge < -0.3 is 4.90 Å². The van der Waals surface area contributed by atoms with Crippen LogP contribution in [0.15, 0.2) is 6.07 Å². The quantitative estimate of drug-likeness (QED) is 0.768. The minimum atomic E-state index is -1.92. The molecule has 0 N–H and O–H groups in total. The van der Waals surface area contributed by atoms with Crippen LogP contribution in [-0.4, -0.2) is 39.3 Å². The Morgan fingerprint density at radius 1 is 1.50 bits per heavy atom. The molecule has 2 aliphatic rings. The average Bonchev–Trinajstić information content (AvgIpc) is 2.69. The summed E-state index contributed by atoms with van der Waals surface area (Å²) in [5, 5.41) is 4.56. The largest absolute Gasteiger partial charge is 0.338 e. The predicted molar refractivity (Wildman–Crippen MR) is 65.2 cm³/mol. The lowest BCUT2D eigenvalue weighted by Crippen LogP contribution is -2.50. The molecule has 1 atom stereocenters. The molecule has 98 valence electrons. The van der Waals surface area contributed by atoms with Crippen molar-refractivity contribution in [1.82, 2.24) is 14.7 Å². The van der Waals surface area contributed by atoms with Crippen molar-refractivity contribution in [1.29, 1.82) is 0 Å². The van der Waals surface area contributed by atoms with Crippen LogP contribution in [0.4, 0.5) is 4.39 Å². The second kappa shape index (κ2) is 4.53. The molecule has 3 heterocycles. The molecule has 3 rings (SSSR count). The molecule has 1 unspecified atom stereocenters. The van der Waals surface area contributed by atoms with E-state index in [2.05, 4.69) is 15.8 Å². The number of carbonyl (C=O) groups is 1. The summed E-state index contributed by atoms with van der Waals surface area (Å²) in [6, 6.07) is 2.12. The van der Waals surface area contributed by atoms with Gasteiger partial charge in [0.05, 0.1) is 5.69 Å². The van der Waals surface area contributed by atoms with Gasteiger partial charge in [0.15, 0.2) is 0 Å². The van der Waals surface area contributed by atoms with Gasteiger partial charge in [-0.2, -0.15) is 5.10 Å². The Morgan fingerprint density at radius 2 is 2.28 bits per heavy atom. The van der Waals surface area contributed by atoms with Crippen LogP contribution in [-0.2, 0) is 17.8 Å². The van der Waals surface area contributed by atoms with Gasteiger partial charge in [0.1, 0.15) is 0 Å². The first-order valence-corrected chi connectivity index (χ1v) is 6.72. The number of aromatic nitrogens is 2. The summed E-state index contributed by atoms with van der Waals surface area (Å²) in [5.74, 6) is -0.389. The number of hydrogen-bond donors (Lipinski definition) is 0. The van der Waals surface area contributed by atoms with E-state index in [4.69, 9.17) is 11.6 Å². The molecule has 0 bridgehead atoms. The van der Waals surface area contributed by atoms with Gasteiger partial charge in [-0.05, 0) is 25.3 Å². The van der Waals surface area contributed by atoms with E-state index in [-0.39, 0.29) is 5.92 Å². The third kappa shape index (κ3) is 2.00. The fourth-order valence-corrected chi connectivity index (χ4v) is 2.76. The Hall–Kier alpha value is -1.10. The highest BCUT2D eigenvalue weighted by molar-refractivity contribution is 6.29. The standard InChI is InChI=1S/C12H15ClFN3O/c13-11(14)12(18)16-6-8(7-16)10-5-9-3-1-2-4-17(9)15-10/h5,8,11H,1-4,6-7H2. The van der Waals surface area contributed by atoms with Crippen LogP contribution in [0, 0.1) is 0 Å². The highest BCUT2D eigenvalue weighted by Gasteiger charge is 2.36. The van der Waals surface area contributed by atoms with E-state index in [0.29, 0.717) is 13.1 Å². The molecule has 0 spiro atoms. The van der Waals surface area contributed by atoms with E-state index in [9.17, 15) is 9.18 Å². The third-order valence-corrected chi connectivity index (χ3v) is 3.92. The van der Waals surface area contributed by atoms with E-state index in [1.165, 1.54) is 23.4 Å². The van der Waals surface area contributed by atoms with Crippen LogP contribution in [0.1, 0.15) is 30.1 Å². The monoisotopic (exact) mass is 271 g/mol. The molecule has 0 saturated carbocycles. The van der Waals surface area contributed by atoms with Crippen molar-refractivity contribution in [2.24, 2.45) is 0 Å². The zero-order chi connectivity index (χ0) is 12.7. The summed E-state index contributed by atoms with van der Waals surface area (Å²) in [7, 11) is 0. The van der Waals surface area contributed by atoms with Gasteiger partial charge in [-0.15, -0.1) is 0 Å². The number of alkyl halides is 2. The second-order valence-corrected chi connectivity index (χ2v) is 5.36. The maximum atomic E-state index is 12.6. The molecule has 4 nitrogen and oxygen atoms in total. The molecule has 1 fully saturated rings. The minimum Gasteiger partial charge on any atom is -0.338 e. The lowest BCUT2D eigenvalue weighted by atomic mass is 9.96. The maximum absolute atomic E-state index is 12.6. The van der Waals surface area contributed by atoms with Gasteiger partial charge in [-0.25, -0.2) is 4.39 Å². The van der Waals surface area contributed by atoms with Crippen molar-refractivity contribution in [3.63, 3.8) is 0 Å². The number of aryl methyl sites for hydroxylation is 2. The summed E-state index contributed by atoms with van der Waals surface area (Å²) in [6.07, 6.45) is 3.48. The Morgan fingerprint density at radius 3 is 2.94 bits per heavy atom. The van der Waals surface area contributed by atoms with E-state index in [1.54, 1.807) is 0 Å². The highest BCUT2D eigenvalue weighted by atomic mass is 35.5. The molecule has 0 aromatic carbocycles. The van der Waals surface area contributed by atoms with Crippen LogP contribution in [0.5, 0.6) is 0 Å². The number of fused-ring (bicyclic) bond motifs is 1. The number of carbonyl (C=O) groups excluding carboxylic acids is 1. The molecule has 0 radical (unpaired) electrons. The summed E-state index contributed by atoms with van der Waals surface area (Å²) in [4.78, 5) is 12.7. The fourth-order valence-electron chi connectivity index (χ4n) is 2.62. The molecule has 1 saturated heterocycles. The highest BCUT2D eigenvalue weighted by Crippen LogP contribution is 2.29. The van der Waals surface area contributed by atoms with E-state index in [1.807, 2.05) is 0 Å². The van der Waals surface area contributed by atoms with E-state index in [0.717, 1.165) is 18.7 Å². The van der Waals surface area contributed by atoms with Crippen molar-refractivity contribution in [3.8, 4) is 0 Å². The Balaban J connectivity index is 1.65. The molecule has 6 heteroatoms. The van der Waals surface area contributed by atoms with Crippen LogP contribution >= 0.6 is 11.6 Å². The Bertz CT molecular complexity index is 444. The zero-order valence-electron chi connectivity index (χ0n) is 9.98. The van der Waals surface area contributed by atoms with Gasteiger partial charge >= 0.3 is 0 Å². The van der Waals surface area contributed by atoms with Gasteiger partial charge in [0, 0.05) is 31.2 Å². The topological polar surface area (TPSA) is 38.1 Å². The summed E-state index contributed by atoms with van der Waals surface area (Å²) < 4.78 is 14.7. The number of likely N-dealkylation sites (tertiary alicyclic amines) is 1. The van der Waals surface area contributed by atoms with Crippen molar-refractivity contribution in [3.05, 3.63) is 17.5 Å². The maximum Gasteiger partial charge on any atom is 0.272 e. The normalized spacial score (nSPS) is 21.3. The summed E-state index contributed by atoms with van der Waals surface area (Å²) in [5.41, 5.74) is 0.392. The van der Waals surface area contributed by atoms with Crippen molar-refractivity contribution in [2.75, 3.05) is 13.1 Å². The first kappa shape index (κ1) is 12.0. The molecule has 1 aromatic heterocycles. The Labute approximate surface area is 110 Å². The summed E-state index contributed by atoms with van der Waals surface area (Å²) in [6.45, 7) is 2.05. The SMILES string of the molecule is O=C(C(F)Cl)N1CC(c2cc3n(n2)CCCC3)C1. The second-order valence-electron chi connectivity index (χ2n) is 4.98. The first-order valence-electron chi connectivity index (χ1n) is 6.28. The zero-order valence-corrected chi connectivity index (χ0v) is 10.7. The minimum absolute atomic E-state index is 0.238. The predicted octanol–water partition coefficient (Wildman–Crippen LogP) is 1.68. The number of nitrogens with zero attached hydrogens (tertiary/aromatic N) is 3. The van der Waals surface area contributed by atoms with Crippen molar-refractivity contribution < 1.29 is 9.18 Å². The van der Waals surface area contributed by atoms with Gasteiger partial charge in [-0.1, -0.05) is 11.6 Å². The molecular weight excluding hydrogens is 257 g/mol. The average molecular weight is 272 g/mol. The molecule has 1 amide bonds. The van der Waals surface area contributed by atoms with Crippen molar-refractivity contribution in [2.45, 2.75) is 37.4 Å². The van der Waals surface area contributed by atoms with Crippen LogP contribution in [0.2, 0.25) is 0 Å². The van der Waals surface area contributed by atoms with Crippen molar-refractivity contribution >= 4 is 17.5 Å². The van der Waals surface area contributed by atoms with Gasteiger partial charge in [0.2, 0.25) is 0 Å². The van der Waals surface area contributed by atoms with Gasteiger partial charge in [-0.3, -0.25) is 9.48 Å². The lowest BCUT2D eigenvalue weighted by molar-refractivity contribution is -0.138. The number of rotatable bonds is 2. The third-order valence-electron chi connectivity index (χ3n) is 3.73. The first-order chi connectivity index (χ1) is 8.65. The number of amides is 1. The Kier molecular flexibility index (Phi) is 3.01. The number of hydrogen-bond acceptors (Lipinski definition) is 2.